The maximum atomic E-state index is 13.5. The molecule has 0 aromatic heterocycles. The average Bonchev–Trinajstić information content (AvgIpc) is 2.92. The number of rotatable bonds is 3. The molecule has 0 spiro atoms. The van der Waals surface area contributed by atoms with Gasteiger partial charge in [-0.1, -0.05) is 18.2 Å². The summed E-state index contributed by atoms with van der Waals surface area (Å²) in [5, 5.41) is 0. The predicted octanol–water partition coefficient (Wildman–Crippen LogP) is 1.90. The first-order chi connectivity index (χ1) is 9.70. The number of fused-ring (bicyclic) bond motifs is 1. The molecule has 0 aliphatic carbocycles. The second-order valence-corrected chi connectivity index (χ2v) is 4.81. The van der Waals surface area contributed by atoms with Crippen LogP contribution in [0.15, 0.2) is 36.4 Å². The molecule has 1 heterocycles. The first-order valence-electron chi connectivity index (χ1n) is 6.46. The van der Waals surface area contributed by atoms with Crippen LogP contribution in [0.3, 0.4) is 0 Å². The molecule has 104 valence electrons. The Balaban J connectivity index is 2.11. The molecular weight excluding hydrogens is 257 g/mol. The van der Waals surface area contributed by atoms with Gasteiger partial charge in [0.2, 0.25) is 0 Å². The van der Waals surface area contributed by atoms with Crippen molar-refractivity contribution in [3.8, 4) is 5.75 Å². The molecule has 1 atom stereocenters. The fraction of sp³-hybridized carbons (Fsp3) is 0.200. The number of para-hydroxylation sites is 1. The number of ether oxygens (including phenoxy) is 1. The fourth-order valence-electron chi connectivity index (χ4n) is 2.61. The van der Waals surface area contributed by atoms with Crippen LogP contribution >= 0.6 is 0 Å². The monoisotopic (exact) mass is 273 g/mol. The Morgan fingerprint density at radius 3 is 2.85 bits per heavy atom. The first kappa shape index (κ1) is 12.9. The molecule has 5 N–H and O–H groups in total. The lowest BCUT2D eigenvalue weighted by Crippen LogP contribution is -2.29. The van der Waals surface area contributed by atoms with E-state index in [1.54, 1.807) is 6.07 Å². The molecule has 0 fully saturated rings. The number of nitrogens with one attached hydrogen (secondary N) is 1. The normalized spacial score (nSPS) is 14.7. The van der Waals surface area contributed by atoms with Crippen molar-refractivity contribution in [3.05, 3.63) is 58.9 Å². The van der Waals surface area contributed by atoms with E-state index >= 15 is 0 Å². The van der Waals surface area contributed by atoms with Gasteiger partial charge in [0.15, 0.2) is 0 Å². The van der Waals surface area contributed by atoms with Gasteiger partial charge in [0.05, 0.1) is 12.6 Å². The summed E-state index contributed by atoms with van der Waals surface area (Å²) in [7, 11) is 0. The number of halogens is 1. The summed E-state index contributed by atoms with van der Waals surface area (Å²) < 4.78 is 19.2. The zero-order valence-corrected chi connectivity index (χ0v) is 10.9. The van der Waals surface area contributed by atoms with E-state index in [-0.39, 0.29) is 5.82 Å². The maximum Gasteiger partial charge on any atom is 0.127 e. The number of hydrogen-bond acceptors (Lipinski definition) is 4. The minimum absolute atomic E-state index is 0.344. The highest BCUT2D eigenvalue weighted by atomic mass is 19.1. The summed E-state index contributed by atoms with van der Waals surface area (Å²) in [5.74, 6) is 6.14. The molecule has 0 amide bonds. The standard InChI is InChI=1S/C15H16FN3O/c16-10-4-5-13(17)12(8-10)14(19-18)11-3-1-2-9-6-7-20-15(9)11/h1-5,8,14,19H,6-7,17-18H2. The summed E-state index contributed by atoms with van der Waals surface area (Å²) in [6, 6.07) is 9.75. The number of nitrogens with two attached hydrogens (primary N) is 2. The van der Waals surface area contributed by atoms with Crippen molar-refractivity contribution < 1.29 is 9.13 Å². The third-order valence-electron chi connectivity index (χ3n) is 3.58. The van der Waals surface area contributed by atoms with Gasteiger partial charge in [0.25, 0.3) is 0 Å². The molecule has 0 saturated heterocycles. The molecule has 20 heavy (non-hydrogen) atoms. The molecule has 2 aromatic carbocycles. The van der Waals surface area contributed by atoms with Crippen molar-refractivity contribution in [2.24, 2.45) is 5.84 Å². The van der Waals surface area contributed by atoms with Gasteiger partial charge in [-0.3, -0.25) is 5.84 Å². The summed E-state index contributed by atoms with van der Waals surface area (Å²) in [5.41, 5.74) is 11.8. The largest absolute Gasteiger partial charge is 0.493 e. The zero-order chi connectivity index (χ0) is 14.1. The van der Waals surface area contributed by atoms with Crippen LogP contribution in [0.1, 0.15) is 22.7 Å². The molecule has 1 unspecified atom stereocenters. The van der Waals surface area contributed by atoms with Crippen molar-refractivity contribution in [2.75, 3.05) is 12.3 Å². The smallest absolute Gasteiger partial charge is 0.127 e. The summed E-state index contributed by atoms with van der Waals surface area (Å²) in [4.78, 5) is 0. The second-order valence-electron chi connectivity index (χ2n) is 4.81. The van der Waals surface area contributed by atoms with Gasteiger partial charge in [-0.05, 0) is 23.8 Å². The van der Waals surface area contributed by atoms with Crippen LogP contribution in [-0.2, 0) is 6.42 Å². The van der Waals surface area contributed by atoms with Crippen molar-refractivity contribution in [3.63, 3.8) is 0 Å². The minimum atomic E-state index is -0.404. The van der Waals surface area contributed by atoms with E-state index in [0.717, 1.165) is 23.3 Å². The Labute approximate surface area is 116 Å². The molecule has 4 nitrogen and oxygen atoms in total. The van der Waals surface area contributed by atoms with E-state index in [1.165, 1.54) is 12.1 Å². The van der Waals surface area contributed by atoms with Crippen LogP contribution in [0.5, 0.6) is 5.75 Å². The maximum absolute atomic E-state index is 13.5. The molecule has 3 rings (SSSR count). The second kappa shape index (κ2) is 5.11. The van der Waals surface area contributed by atoms with Gasteiger partial charge in [0.1, 0.15) is 11.6 Å². The number of hydrazine groups is 1. The van der Waals surface area contributed by atoms with Crippen LogP contribution in [0.4, 0.5) is 10.1 Å². The molecule has 0 radical (unpaired) electrons. The highest BCUT2D eigenvalue weighted by molar-refractivity contribution is 5.55. The topological polar surface area (TPSA) is 73.3 Å². The van der Waals surface area contributed by atoms with E-state index < -0.39 is 6.04 Å². The number of hydrogen-bond donors (Lipinski definition) is 3. The van der Waals surface area contributed by atoms with Crippen LogP contribution in [0.2, 0.25) is 0 Å². The first-order valence-corrected chi connectivity index (χ1v) is 6.46. The van der Waals surface area contributed by atoms with Gasteiger partial charge >= 0.3 is 0 Å². The van der Waals surface area contributed by atoms with Gasteiger partial charge < -0.3 is 10.5 Å². The lowest BCUT2D eigenvalue weighted by Gasteiger charge is -2.21. The predicted molar refractivity (Wildman–Crippen MR) is 75.6 cm³/mol. The molecule has 5 heteroatoms. The third-order valence-corrected chi connectivity index (χ3v) is 3.58. The number of anilines is 1. The van der Waals surface area contributed by atoms with Crippen molar-refractivity contribution in [2.45, 2.75) is 12.5 Å². The average molecular weight is 273 g/mol. The quantitative estimate of drug-likeness (QED) is 0.453. The molecule has 0 bridgehead atoms. The molecular formula is C15H16FN3O. The van der Waals surface area contributed by atoms with Crippen LogP contribution < -0.4 is 21.7 Å². The number of benzene rings is 2. The highest BCUT2D eigenvalue weighted by Crippen LogP contribution is 2.37. The van der Waals surface area contributed by atoms with Crippen molar-refractivity contribution in [1.82, 2.24) is 5.43 Å². The summed E-state index contributed by atoms with van der Waals surface area (Å²) in [6.07, 6.45) is 0.874. The van der Waals surface area contributed by atoms with E-state index in [4.69, 9.17) is 16.3 Å². The van der Waals surface area contributed by atoms with Crippen LogP contribution in [0.25, 0.3) is 0 Å². The molecule has 1 aliphatic rings. The summed E-state index contributed by atoms with van der Waals surface area (Å²) >= 11 is 0. The zero-order valence-electron chi connectivity index (χ0n) is 10.9. The van der Waals surface area contributed by atoms with E-state index in [9.17, 15) is 4.39 Å². The lowest BCUT2D eigenvalue weighted by atomic mass is 9.95. The third kappa shape index (κ3) is 2.11. The van der Waals surface area contributed by atoms with E-state index in [1.807, 2.05) is 18.2 Å². The molecule has 1 aliphatic heterocycles. The Morgan fingerprint density at radius 2 is 2.05 bits per heavy atom. The van der Waals surface area contributed by atoms with Gasteiger partial charge in [-0.25, -0.2) is 9.82 Å². The van der Waals surface area contributed by atoms with E-state index in [0.29, 0.717) is 17.9 Å². The van der Waals surface area contributed by atoms with Crippen molar-refractivity contribution in [1.29, 1.82) is 0 Å². The minimum Gasteiger partial charge on any atom is -0.493 e. The molecule has 2 aromatic rings. The Bertz CT molecular complexity index is 645. The van der Waals surface area contributed by atoms with Crippen LogP contribution in [-0.4, -0.2) is 6.61 Å². The van der Waals surface area contributed by atoms with Crippen LogP contribution in [0, 0.1) is 5.82 Å². The van der Waals surface area contributed by atoms with Gasteiger partial charge in [0, 0.05) is 23.2 Å². The Hall–Kier alpha value is -2.11. The fourth-order valence-corrected chi connectivity index (χ4v) is 2.61. The Morgan fingerprint density at radius 1 is 1.20 bits per heavy atom. The molecule has 0 saturated carbocycles. The van der Waals surface area contributed by atoms with Gasteiger partial charge in [-0.15, -0.1) is 0 Å². The Kier molecular flexibility index (Phi) is 3.30. The van der Waals surface area contributed by atoms with Gasteiger partial charge in [-0.2, -0.15) is 0 Å². The number of nitrogen functional groups attached to an aromatic ring is 1. The summed E-state index contributed by atoms with van der Waals surface area (Å²) in [6.45, 7) is 0.655. The lowest BCUT2D eigenvalue weighted by molar-refractivity contribution is 0.350. The SMILES string of the molecule is NNC(c1cc(F)ccc1N)c1cccc2c1OCC2. The highest BCUT2D eigenvalue weighted by Gasteiger charge is 2.24. The van der Waals surface area contributed by atoms with E-state index in [2.05, 4.69) is 5.43 Å². The van der Waals surface area contributed by atoms with Crippen molar-refractivity contribution >= 4 is 5.69 Å².